The Bertz CT molecular complexity index is 1810. The number of benzene rings is 2. The second-order valence-corrected chi connectivity index (χ2v) is 12.9. The van der Waals surface area contributed by atoms with Crippen LogP contribution < -0.4 is 16.4 Å². The maximum Gasteiger partial charge on any atom is 0.247 e. The Balaban J connectivity index is 1.44. The van der Waals surface area contributed by atoms with Gasteiger partial charge in [0.2, 0.25) is 17.5 Å². The molecule has 15 heteroatoms. The topological polar surface area (TPSA) is 163 Å². The van der Waals surface area contributed by atoms with Gasteiger partial charge in [0, 0.05) is 24.8 Å². The zero-order chi connectivity index (χ0) is 30.0. The van der Waals surface area contributed by atoms with E-state index in [1.807, 2.05) is 0 Å². The normalized spacial score (nSPS) is 13.9. The van der Waals surface area contributed by atoms with E-state index in [0.717, 1.165) is 24.2 Å². The number of rotatable bonds is 11. The minimum absolute atomic E-state index is 0.0436. The van der Waals surface area contributed by atoms with Crippen LogP contribution in [0.15, 0.2) is 42.6 Å². The highest BCUT2D eigenvalue weighted by Gasteiger charge is 2.37. The molecule has 42 heavy (non-hydrogen) atoms. The summed E-state index contributed by atoms with van der Waals surface area (Å²) in [6, 6.07) is 9.50. The highest BCUT2D eigenvalue weighted by atomic mass is 32.2. The molecule has 0 aliphatic heterocycles. The van der Waals surface area contributed by atoms with Crippen LogP contribution in [0.25, 0.3) is 31.9 Å². The van der Waals surface area contributed by atoms with Crippen molar-refractivity contribution < 1.29 is 27.1 Å². The number of anilines is 1. The minimum atomic E-state index is -4.10. The molecule has 1 aliphatic carbocycles. The number of aromatic nitrogens is 3. The quantitative estimate of drug-likeness (QED) is 0.218. The third-order valence-corrected chi connectivity index (χ3v) is 9.71. The monoisotopic (exact) mass is 611 g/mol. The Labute approximate surface area is 244 Å². The number of methoxy groups -OCH3 is 1. The lowest BCUT2D eigenvalue weighted by Gasteiger charge is -2.15. The first-order chi connectivity index (χ1) is 20.1. The summed E-state index contributed by atoms with van der Waals surface area (Å²) in [5.74, 6) is -2.17. The fourth-order valence-corrected chi connectivity index (χ4v) is 7.19. The van der Waals surface area contributed by atoms with Crippen molar-refractivity contribution in [2.24, 2.45) is 0 Å². The highest BCUT2D eigenvalue weighted by Crippen LogP contribution is 2.36. The molecular weight excluding hydrogens is 585 g/mol. The van der Waals surface area contributed by atoms with Gasteiger partial charge < -0.3 is 21.1 Å². The van der Waals surface area contributed by atoms with Gasteiger partial charge in [-0.3, -0.25) is 9.59 Å². The van der Waals surface area contributed by atoms with Gasteiger partial charge in [-0.05, 0) is 36.6 Å². The molecule has 2 amide bonds. The van der Waals surface area contributed by atoms with Gasteiger partial charge in [0.05, 0.1) is 47.6 Å². The van der Waals surface area contributed by atoms with E-state index in [4.69, 9.17) is 17.0 Å². The first kappa shape index (κ1) is 29.1. The Kier molecular flexibility index (Phi) is 8.21. The molecule has 0 spiro atoms. The summed E-state index contributed by atoms with van der Waals surface area (Å²) in [7, 11) is -2.76. The van der Waals surface area contributed by atoms with Gasteiger partial charge in [-0.15, -0.1) is 11.3 Å². The molecule has 4 aromatic rings. The van der Waals surface area contributed by atoms with Crippen molar-refractivity contribution >= 4 is 54.7 Å². The number of nitrogens with zero attached hydrogens (tertiary/aromatic N) is 4. The van der Waals surface area contributed by atoms with Crippen molar-refractivity contribution in [3.8, 4) is 16.8 Å². The SMILES string of the molecule is [C-]#[N+]c1cnn(-c2ccc(-c3cc4sc(C(C(=O)NCC(=O)NC5CC5)S(=O)(=O)CCOC)nc4cc3F)cc2)c1N. The number of sulfone groups is 1. The summed E-state index contributed by atoms with van der Waals surface area (Å²) in [6.45, 7) is 6.62. The average Bonchev–Trinajstić information content (AvgIpc) is 3.57. The van der Waals surface area contributed by atoms with Crippen molar-refractivity contribution in [2.75, 3.05) is 31.7 Å². The molecule has 0 bridgehead atoms. The summed E-state index contributed by atoms with van der Waals surface area (Å²) in [5, 5.41) is 7.50. The smallest absolute Gasteiger partial charge is 0.247 e. The predicted octanol–water partition coefficient (Wildman–Crippen LogP) is 2.92. The van der Waals surface area contributed by atoms with Crippen molar-refractivity contribution in [1.29, 1.82) is 0 Å². The molecular formula is C27H26FN7O5S2. The molecule has 218 valence electrons. The Morgan fingerprint density at radius 3 is 2.67 bits per heavy atom. The second kappa shape index (κ2) is 11.8. The molecule has 0 radical (unpaired) electrons. The van der Waals surface area contributed by atoms with Crippen LogP contribution in [0.1, 0.15) is 23.1 Å². The van der Waals surface area contributed by atoms with Crippen LogP contribution in [-0.2, 0) is 24.2 Å². The minimum Gasteiger partial charge on any atom is -0.392 e. The lowest BCUT2D eigenvalue weighted by Crippen LogP contribution is -2.41. The first-order valence-electron chi connectivity index (χ1n) is 12.8. The maximum absolute atomic E-state index is 15.3. The largest absolute Gasteiger partial charge is 0.392 e. The number of amides is 2. The number of nitrogen functional groups attached to an aromatic ring is 1. The molecule has 1 aliphatic rings. The van der Waals surface area contributed by atoms with Crippen LogP contribution in [0.4, 0.5) is 15.9 Å². The predicted molar refractivity (Wildman–Crippen MR) is 155 cm³/mol. The maximum atomic E-state index is 15.3. The zero-order valence-electron chi connectivity index (χ0n) is 22.3. The van der Waals surface area contributed by atoms with Gasteiger partial charge in [0.1, 0.15) is 16.6 Å². The van der Waals surface area contributed by atoms with E-state index in [1.54, 1.807) is 30.3 Å². The van der Waals surface area contributed by atoms with Crippen molar-refractivity contribution in [2.45, 2.75) is 24.1 Å². The van der Waals surface area contributed by atoms with Gasteiger partial charge in [0.25, 0.3) is 0 Å². The van der Waals surface area contributed by atoms with E-state index in [2.05, 4.69) is 25.6 Å². The van der Waals surface area contributed by atoms with Crippen LogP contribution in [0.5, 0.6) is 0 Å². The second-order valence-electron chi connectivity index (χ2n) is 9.64. The summed E-state index contributed by atoms with van der Waals surface area (Å²) >= 11 is 0.956. The van der Waals surface area contributed by atoms with E-state index < -0.39 is 38.5 Å². The molecule has 1 saturated carbocycles. The third kappa shape index (κ3) is 6.10. The number of fused-ring (bicyclic) bond motifs is 1. The molecule has 2 heterocycles. The molecule has 1 atom stereocenters. The number of hydrogen-bond donors (Lipinski definition) is 3. The first-order valence-corrected chi connectivity index (χ1v) is 15.3. The van der Waals surface area contributed by atoms with E-state index in [-0.39, 0.29) is 46.8 Å². The molecule has 4 N–H and O–H groups in total. The molecule has 0 saturated heterocycles. The summed E-state index contributed by atoms with van der Waals surface area (Å²) in [4.78, 5) is 32.8. The van der Waals surface area contributed by atoms with Gasteiger partial charge in [-0.25, -0.2) is 27.3 Å². The molecule has 12 nitrogen and oxygen atoms in total. The van der Waals surface area contributed by atoms with Crippen LogP contribution in [0.3, 0.4) is 0 Å². The van der Waals surface area contributed by atoms with Crippen molar-refractivity contribution in [3.63, 3.8) is 0 Å². The summed E-state index contributed by atoms with van der Waals surface area (Å²) < 4.78 is 48.5. The Morgan fingerprint density at radius 1 is 1.29 bits per heavy atom. The zero-order valence-corrected chi connectivity index (χ0v) is 24.0. The molecule has 2 aromatic heterocycles. The lowest BCUT2D eigenvalue weighted by atomic mass is 10.0. The summed E-state index contributed by atoms with van der Waals surface area (Å²) in [6.07, 6.45) is 3.09. The fourth-order valence-electron chi connectivity index (χ4n) is 4.24. The van der Waals surface area contributed by atoms with E-state index >= 15 is 4.39 Å². The number of halogens is 1. The standard InChI is InChI=1S/C27H26FN7O5S2/c1-30-21-13-32-35(25(21)29)17-7-3-15(4-8-17)18-11-22-20(12-19(18)28)34-27(41-22)24(42(38,39)10-9-40-2)26(37)31-14-23(36)33-16-5-6-16/h3-4,7-8,11-13,16,24H,5-6,9-10,14,29H2,2H3,(H,31,37)(H,33,36). The lowest BCUT2D eigenvalue weighted by molar-refractivity contribution is -0.126. The fraction of sp³-hybridized carbons (Fsp3) is 0.296. The third-order valence-electron chi connectivity index (χ3n) is 6.58. The summed E-state index contributed by atoms with van der Waals surface area (Å²) in [5.41, 5.74) is 7.71. The van der Waals surface area contributed by atoms with Crippen LogP contribution in [0, 0.1) is 12.4 Å². The number of ether oxygens (including phenoxy) is 1. The Hall–Kier alpha value is -4.39. The number of nitrogens with two attached hydrogens (primary N) is 1. The van der Waals surface area contributed by atoms with Crippen molar-refractivity contribution in [1.82, 2.24) is 25.4 Å². The van der Waals surface area contributed by atoms with Gasteiger partial charge in [-0.2, -0.15) is 5.10 Å². The number of thiazole rings is 1. The van der Waals surface area contributed by atoms with Gasteiger partial charge >= 0.3 is 0 Å². The molecule has 2 aromatic carbocycles. The number of carbonyl (C=O) groups excluding carboxylic acids is 2. The number of carbonyl (C=O) groups is 2. The van der Waals surface area contributed by atoms with Crippen molar-refractivity contribution in [3.05, 3.63) is 64.8 Å². The van der Waals surface area contributed by atoms with Crippen LogP contribution in [-0.4, -0.2) is 67.1 Å². The average molecular weight is 612 g/mol. The van der Waals surface area contributed by atoms with Gasteiger partial charge in [-0.1, -0.05) is 12.1 Å². The molecule has 5 rings (SSSR count). The highest BCUT2D eigenvalue weighted by molar-refractivity contribution is 7.92. The Morgan fingerprint density at radius 2 is 2.02 bits per heavy atom. The number of nitrogens with one attached hydrogen (secondary N) is 2. The van der Waals surface area contributed by atoms with Gasteiger partial charge in [0.15, 0.2) is 15.1 Å². The van der Waals surface area contributed by atoms with E-state index in [9.17, 15) is 18.0 Å². The van der Waals surface area contributed by atoms with Crippen LogP contribution in [0.2, 0.25) is 0 Å². The van der Waals surface area contributed by atoms with Crippen LogP contribution >= 0.6 is 11.3 Å². The number of hydrogen-bond acceptors (Lipinski definition) is 9. The van der Waals surface area contributed by atoms with E-state index in [1.165, 1.54) is 24.1 Å². The molecule has 1 unspecified atom stereocenters. The molecule has 1 fully saturated rings. The van der Waals surface area contributed by atoms with E-state index in [0.29, 0.717) is 16.0 Å².